The zero-order valence-electron chi connectivity index (χ0n) is 14.1. The molecule has 1 aromatic rings. The zero-order chi connectivity index (χ0) is 15.3. The van der Waals surface area contributed by atoms with Gasteiger partial charge in [-0.25, -0.2) is 0 Å². The fourth-order valence-corrected chi connectivity index (χ4v) is 3.38. The molecule has 0 saturated heterocycles. The molecule has 1 aliphatic rings. The Kier molecular flexibility index (Phi) is 5.55. The summed E-state index contributed by atoms with van der Waals surface area (Å²) < 4.78 is 5.68. The van der Waals surface area contributed by atoms with Crippen LogP contribution in [0.25, 0.3) is 0 Å². The van der Waals surface area contributed by atoms with Crippen molar-refractivity contribution in [2.45, 2.75) is 53.4 Å². The minimum Gasteiger partial charge on any atom is -0.492 e. The third-order valence-electron chi connectivity index (χ3n) is 4.84. The van der Waals surface area contributed by atoms with E-state index in [9.17, 15) is 0 Å². The Balaban J connectivity index is 1.82. The molecule has 0 atom stereocenters. The van der Waals surface area contributed by atoms with Gasteiger partial charge in [0.05, 0.1) is 12.3 Å². The van der Waals surface area contributed by atoms with Gasteiger partial charge in [0.1, 0.15) is 5.75 Å². The number of rotatable bonds is 5. The molecule has 0 heterocycles. The molecule has 1 N–H and O–H groups in total. The minimum atomic E-state index is 0.472. The first-order valence-corrected chi connectivity index (χ1v) is 8.46. The lowest BCUT2D eigenvalue weighted by Crippen LogP contribution is -2.28. The molecule has 2 rings (SSSR count). The Labute approximate surface area is 130 Å². The van der Waals surface area contributed by atoms with Crippen LogP contribution in [-0.4, -0.2) is 13.2 Å². The van der Waals surface area contributed by atoms with Gasteiger partial charge in [-0.2, -0.15) is 0 Å². The first-order valence-electron chi connectivity index (χ1n) is 8.46. The Morgan fingerprint density at radius 2 is 1.76 bits per heavy atom. The maximum absolute atomic E-state index is 5.68. The standard InChI is InChI=1S/C19H31NO/c1-5-21-18-9-7-6-8-17(18)20-14-15-10-12-16(13-11-15)19(2,3)4/h6-9,15-16,20H,5,10-14H2,1-4H3. The summed E-state index contributed by atoms with van der Waals surface area (Å²) in [6.45, 7) is 11.0. The molecule has 0 unspecified atom stereocenters. The maximum Gasteiger partial charge on any atom is 0.142 e. The van der Waals surface area contributed by atoms with E-state index < -0.39 is 0 Å². The highest BCUT2D eigenvalue weighted by Crippen LogP contribution is 2.40. The summed E-state index contributed by atoms with van der Waals surface area (Å²) in [6.07, 6.45) is 5.46. The fourth-order valence-electron chi connectivity index (χ4n) is 3.38. The third-order valence-corrected chi connectivity index (χ3v) is 4.84. The van der Waals surface area contributed by atoms with Crippen molar-refractivity contribution in [3.63, 3.8) is 0 Å². The number of hydrogen-bond acceptors (Lipinski definition) is 2. The SMILES string of the molecule is CCOc1ccccc1NCC1CCC(C(C)(C)C)CC1. The van der Waals surface area contributed by atoms with E-state index in [1.807, 2.05) is 19.1 Å². The van der Waals surface area contributed by atoms with E-state index in [-0.39, 0.29) is 0 Å². The monoisotopic (exact) mass is 289 g/mol. The molecule has 2 heteroatoms. The number of nitrogens with one attached hydrogen (secondary N) is 1. The molecule has 21 heavy (non-hydrogen) atoms. The van der Waals surface area contributed by atoms with Gasteiger partial charge in [-0.3, -0.25) is 0 Å². The predicted octanol–water partition coefficient (Wildman–Crippen LogP) is 5.35. The van der Waals surface area contributed by atoms with Gasteiger partial charge in [0.2, 0.25) is 0 Å². The van der Waals surface area contributed by atoms with Crippen LogP contribution in [0.5, 0.6) is 5.75 Å². The van der Waals surface area contributed by atoms with Gasteiger partial charge in [-0.15, -0.1) is 0 Å². The zero-order valence-corrected chi connectivity index (χ0v) is 14.1. The Morgan fingerprint density at radius 1 is 1.10 bits per heavy atom. The molecule has 1 saturated carbocycles. The summed E-state index contributed by atoms with van der Waals surface area (Å²) in [6, 6.07) is 8.26. The molecule has 1 aromatic carbocycles. The summed E-state index contributed by atoms with van der Waals surface area (Å²) >= 11 is 0. The molecule has 0 radical (unpaired) electrons. The van der Waals surface area contributed by atoms with Gasteiger partial charge >= 0.3 is 0 Å². The van der Waals surface area contributed by atoms with E-state index in [1.165, 1.54) is 25.7 Å². The Bertz CT molecular complexity index is 427. The van der Waals surface area contributed by atoms with Crippen molar-refractivity contribution < 1.29 is 4.74 Å². The van der Waals surface area contributed by atoms with E-state index in [4.69, 9.17) is 4.74 Å². The van der Waals surface area contributed by atoms with Crippen LogP contribution in [-0.2, 0) is 0 Å². The van der Waals surface area contributed by atoms with Crippen molar-refractivity contribution in [1.29, 1.82) is 0 Å². The van der Waals surface area contributed by atoms with Crippen LogP contribution in [0.3, 0.4) is 0 Å². The minimum absolute atomic E-state index is 0.472. The summed E-state index contributed by atoms with van der Waals surface area (Å²) in [7, 11) is 0. The predicted molar refractivity (Wildman–Crippen MR) is 91.0 cm³/mol. The summed E-state index contributed by atoms with van der Waals surface area (Å²) in [5.41, 5.74) is 1.61. The molecule has 0 aromatic heterocycles. The molecule has 118 valence electrons. The van der Waals surface area contributed by atoms with Crippen molar-refractivity contribution in [3.8, 4) is 5.75 Å². The molecule has 0 aliphatic heterocycles. The number of benzene rings is 1. The second-order valence-electron chi connectivity index (χ2n) is 7.39. The van der Waals surface area contributed by atoms with E-state index in [2.05, 4.69) is 38.2 Å². The number of anilines is 1. The van der Waals surface area contributed by atoms with Crippen LogP contribution in [0.15, 0.2) is 24.3 Å². The van der Waals surface area contributed by atoms with Crippen molar-refractivity contribution >= 4 is 5.69 Å². The van der Waals surface area contributed by atoms with Crippen molar-refractivity contribution in [2.24, 2.45) is 17.3 Å². The lowest BCUT2D eigenvalue weighted by Gasteiger charge is -2.37. The average Bonchev–Trinajstić information content (AvgIpc) is 2.46. The summed E-state index contributed by atoms with van der Waals surface area (Å²) in [4.78, 5) is 0. The van der Waals surface area contributed by atoms with Gasteiger partial charge in [0.25, 0.3) is 0 Å². The van der Waals surface area contributed by atoms with Gasteiger partial charge in [-0.1, -0.05) is 32.9 Å². The topological polar surface area (TPSA) is 21.3 Å². The second-order valence-corrected chi connectivity index (χ2v) is 7.39. The quantitative estimate of drug-likeness (QED) is 0.789. The largest absolute Gasteiger partial charge is 0.492 e. The number of para-hydroxylation sites is 2. The molecule has 1 aliphatic carbocycles. The van der Waals surface area contributed by atoms with Crippen LogP contribution in [0, 0.1) is 17.3 Å². The van der Waals surface area contributed by atoms with Crippen LogP contribution < -0.4 is 10.1 Å². The molecule has 0 bridgehead atoms. The van der Waals surface area contributed by atoms with Gasteiger partial charge < -0.3 is 10.1 Å². The van der Waals surface area contributed by atoms with E-state index in [0.29, 0.717) is 5.41 Å². The molecule has 0 spiro atoms. The lowest BCUT2D eigenvalue weighted by atomic mass is 9.70. The Morgan fingerprint density at radius 3 is 2.38 bits per heavy atom. The Hall–Kier alpha value is -1.18. The van der Waals surface area contributed by atoms with Crippen molar-refractivity contribution in [2.75, 3.05) is 18.5 Å². The van der Waals surface area contributed by atoms with Gasteiger partial charge in [0, 0.05) is 6.54 Å². The highest BCUT2D eigenvalue weighted by molar-refractivity contribution is 5.56. The smallest absolute Gasteiger partial charge is 0.142 e. The lowest BCUT2D eigenvalue weighted by molar-refractivity contribution is 0.153. The highest BCUT2D eigenvalue weighted by Gasteiger charge is 2.29. The van der Waals surface area contributed by atoms with Crippen LogP contribution in [0.2, 0.25) is 0 Å². The first kappa shape index (κ1) is 16.2. The van der Waals surface area contributed by atoms with E-state index in [0.717, 1.165) is 36.4 Å². The van der Waals surface area contributed by atoms with Crippen molar-refractivity contribution in [1.82, 2.24) is 0 Å². The van der Waals surface area contributed by atoms with Crippen molar-refractivity contribution in [3.05, 3.63) is 24.3 Å². The number of hydrogen-bond donors (Lipinski definition) is 1. The van der Waals surface area contributed by atoms with Gasteiger partial charge in [-0.05, 0) is 62.0 Å². The molecule has 2 nitrogen and oxygen atoms in total. The molecular weight excluding hydrogens is 258 g/mol. The first-order chi connectivity index (χ1) is 10.0. The summed E-state index contributed by atoms with van der Waals surface area (Å²) in [5, 5.41) is 3.60. The molecular formula is C19H31NO. The average molecular weight is 289 g/mol. The fraction of sp³-hybridized carbons (Fsp3) is 0.684. The van der Waals surface area contributed by atoms with E-state index in [1.54, 1.807) is 0 Å². The van der Waals surface area contributed by atoms with E-state index >= 15 is 0 Å². The summed E-state index contributed by atoms with van der Waals surface area (Å²) in [5.74, 6) is 2.67. The van der Waals surface area contributed by atoms with Crippen LogP contribution >= 0.6 is 0 Å². The highest BCUT2D eigenvalue weighted by atomic mass is 16.5. The third kappa shape index (κ3) is 4.66. The van der Waals surface area contributed by atoms with Crippen LogP contribution in [0.4, 0.5) is 5.69 Å². The normalized spacial score (nSPS) is 22.9. The maximum atomic E-state index is 5.68. The van der Waals surface area contributed by atoms with Gasteiger partial charge in [0.15, 0.2) is 0 Å². The number of ether oxygens (including phenoxy) is 1. The molecule has 1 fully saturated rings. The molecule has 0 amide bonds. The second kappa shape index (κ2) is 7.20. The van der Waals surface area contributed by atoms with Crippen LogP contribution in [0.1, 0.15) is 53.4 Å².